The molecule has 5 nitrogen and oxygen atoms in total. The first kappa shape index (κ1) is 8.15. The fourth-order valence-electron chi connectivity index (χ4n) is 2.57. The zero-order valence-electron chi connectivity index (χ0n) is 8.46. The lowest BCUT2D eigenvalue weighted by atomic mass is 9.97. The molecule has 1 aromatic rings. The van der Waals surface area contributed by atoms with E-state index in [1.807, 2.05) is 18.3 Å². The molecule has 4 heterocycles. The van der Waals surface area contributed by atoms with Crippen LogP contribution in [0.3, 0.4) is 0 Å². The van der Waals surface area contributed by atoms with Crippen molar-refractivity contribution >= 4 is 12.0 Å². The molecule has 1 fully saturated rings. The molecule has 3 aliphatic heterocycles. The van der Waals surface area contributed by atoms with Gasteiger partial charge in [-0.25, -0.2) is 9.78 Å². The summed E-state index contributed by atoms with van der Waals surface area (Å²) in [5, 5.41) is 0. The maximum absolute atomic E-state index is 11.6. The van der Waals surface area contributed by atoms with Crippen molar-refractivity contribution in [3.63, 3.8) is 0 Å². The van der Waals surface area contributed by atoms with Gasteiger partial charge in [-0.15, -0.1) is 0 Å². The maximum Gasteiger partial charge on any atom is 0.353 e. The normalized spacial score (nSPS) is 28.5. The van der Waals surface area contributed by atoms with Crippen LogP contribution in [0.5, 0.6) is 0 Å². The summed E-state index contributed by atoms with van der Waals surface area (Å²) in [4.78, 5) is 17.4. The van der Waals surface area contributed by atoms with Crippen molar-refractivity contribution in [1.82, 2.24) is 9.55 Å². The van der Waals surface area contributed by atoms with Gasteiger partial charge in [0, 0.05) is 25.0 Å². The number of hydrogen-bond donors (Lipinski definition) is 0. The van der Waals surface area contributed by atoms with Crippen LogP contribution in [0.4, 0.5) is 5.82 Å². The Bertz CT molecular complexity index is 601. The van der Waals surface area contributed by atoms with Crippen molar-refractivity contribution in [3.05, 3.63) is 40.8 Å². The van der Waals surface area contributed by atoms with E-state index >= 15 is 0 Å². The average Bonchev–Trinajstić information content (AvgIpc) is 2.85. The highest BCUT2D eigenvalue weighted by atomic mass is 16.5. The van der Waals surface area contributed by atoms with E-state index in [2.05, 4.69) is 9.88 Å². The van der Waals surface area contributed by atoms with Gasteiger partial charge in [0.2, 0.25) is 0 Å². The van der Waals surface area contributed by atoms with Crippen LogP contribution >= 0.6 is 0 Å². The van der Waals surface area contributed by atoms with E-state index in [0.717, 1.165) is 18.0 Å². The number of nitrogens with zero attached hydrogens (tertiary/aromatic N) is 3. The molecule has 4 rings (SSSR count). The van der Waals surface area contributed by atoms with E-state index in [1.54, 1.807) is 17.0 Å². The first-order chi connectivity index (χ1) is 7.78. The molecule has 1 spiro atoms. The largest absolute Gasteiger partial charge is 0.493 e. The molecule has 1 atom stereocenters. The van der Waals surface area contributed by atoms with Gasteiger partial charge in [-0.05, 0) is 12.1 Å². The predicted molar refractivity (Wildman–Crippen MR) is 57.7 cm³/mol. The molecule has 5 heteroatoms. The summed E-state index contributed by atoms with van der Waals surface area (Å²) >= 11 is 0. The van der Waals surface area contributed by atoms with E-state index in [1.165, 1.54) is 0 Å². The molecule has 0 saturated carbocycles. The van der Waals surface area contributed by atoms with Crippen LogP contribution in [0.1, 0.15) is 6.42 Å². The minimum Gasteiger partial charge on any atom is -0.493 e. The van der Waals surface area contributed by atoms with E-state index in [9.17, 15) is 4.79 Å². The Hall–Kier alpha value is -2.04. The summed E-state index contributed by atoms with van der Waals surface area (Å²) in [6.07, 6.45) is 8.23. The molecule has 1 aromatic heterocycles. The van der Waals surface area contributed by atoms with Crippen molar-refractivity contribution in [1.29, 1.82) is 0 Å². The minimum absolute atomic E-state index is 0.108. The van der Waals surface area contributed by atoms with Gasteiger partial charge in [0.25, 0.3) is 0 Å². The second-order valence-corrected chi connectivity index (χ2v) is 4.31. The second kappa shape index (κ2) is 2.37. The lowest BCUT2D eigenvalue weighted by Crippen LogP contribution is -2.48. The molecule has 0 aromatic carbocycles. The molecule has 16 heavy (non-hydrogen) atoms. The van der Waals surface area contributed by atoms with Crippen LogP contribution in [0, 0.1) is 0 Å². The molecule has 0 radical (unpaired) electrons. The van der Waals surface area contributed by atoms with Gasteiger partial charge in [-0.3, -0.25) is 4.57 Å². The van der Waals surface area contributed by atoms with Gasteiger partial charge in [-0.1, -0.05) is 0 Å². The molecular formula is C11H9N3O2. The van der Waals surface area contributed by atoms with Gasteiger partial charge in [-0.2, -0.15) is 0 Å². The van der Waals surface area contributed by atoms with Crippen molar-refractivity contribution in [3.8, 4) is 0 Å². The van der Waals surface area contributed by atoms with E-state index in [-0.39, 0.29) is 11.2 Å². The van der Waals surface area contributed by atoms with Crippen molar-refractivity contribution < 1.29 is 4.74 Å². The Morgan fingerprint density at radius 2 is 2.44 bits per heavy atom. The summed E-state index contributed by atoms with van der Waals surface area (Å²) in [7, 11) is 0. The first-order valence-corrected chi connectivity index (χ1v) is 5.18. The highest BCUT2D eigenvalue weighted by Gasteiger charge is 2.48. The molecule has 0 N–H and O–H groups in total. The molecule has 80 valence electrons. The molecule has 0 amide bonds. The topological polar surface area (TPSA) is 47.4 Å². The van der Waals surface area contributed by atoms with Crippen molar-refractivity contribution in [2.24, 2.45) is 0 Å². The third-order valence-electron chi connectivity index (χ3n) is 3.38. The summed E-state index contributed by atoms with van der Waals surface area (Å²) in [5.41, 5.74) is -0.353. The van der Waals surface area contributed by atoms with Crippen LogP contribution in [-0.2, 0) is 4.74 Å². The van der Waals surface area contributed by atoms with Crippen LogP contribution < -0.4 is 10.6 Å². The van der Waals surface area contributed by atoms with E-state index < -0.39 is 0 Å². The molecule has 2 bridgehead atoms. The van der Waals surface area contributed by atoms with Gasteiger partial charge in [0.15, 0.2) is 0 Å². The summed E-state index contributed by atoms with van der Waals surface area (Å²) in [6.45, 7) is 0.659. The molecule has 1 unspecified atom stereocenters. The Morgan fingerprint density at radius 3 is 3.31 bits per heavy atom. The smallest absolute Gasteiger partial charge is 0.353 e. The monoisotopic (exact) mass is 215 g/mol. The van der Waals surface area contributed by atoms with Crippen LogP contribution in [0.15, 0.2) is 35.1 Å². The molecular weight excluding hydrogens is 206 g/mol. The summed E-state index contributed by atoms with van der Waals surface area (Å²) in [5.74, 6) is 1.85. The number of anilines is 1. The maximum atomic E-state index is 11.6. The fraction of sp³-hybridized carbons (Fsp3) is 0.273. The van der Waals surface area contributed by atoms with Crippen LogP contribution in [0.25, 0.3) is 6.20 Å². The number of rotatable bonds is 0. The van der Waals surface area contributed by atoms with Crippen molar-refractivity contribution in [2.45, 2.75) is 12.0 Å². The van der Waals surface area contributed by atoms with Gasteiger partial charge >= 0.3 is 5.69 Å². The molecule has 3 aliphatic rings. The Kier molecular flexibility index (Phi) is 1.21. The summed E-state index contributed by atoms with van der Waals surface area (Å²) in [6, 6.07) is 1.85. The van der Waals surface area contributed by atoms with Crippen LogP contribution in [0.2, 0.25) is 0 Å². The lowest BCUT2D eigenvalue weighted by Gasteiger charge is -2.38. The van der Waals surface area contributed by atoms with Gasteiger partial charge in [0.05, 0.1) is 0 Å². The first-order valence-electron chi connectivity index (χ1n) is 5.18. The number of ether oxygens (including phenoxy) is 1. The number of hydrogen-bond acceptors (Lipinski definition) is 4. The van der Waals surface area contributed by atoms with E-state index in [0.29, 0.717) is 6.61 Å². The third kappa shape index (κ3) is 0.778. The second-order valence-electron chi connectivity index (χ2n) is 4.31. The minimum atomic E-state index is -0.245. The van der Waals surface area contributed by atoms with E-state index in [4.69, 9.17) is 4.74 Å². The number of aromatic nitrogens is 2. The van der Waals surface area contributed by atoms with Gasteiger partial charge in [0.1, 0.15) is 23.7 Å². The Balaban J connectivity index is 2.02. The quantitative estimate of drug-likeness (QED) is 0.634. The summed E-state index contributed by atoms with van der Waals surface area (Å²) < 4.78 is 7.08. The third-order valence-corrected chi connectivity index (χ3v) is 3.38. The SMILES string of the molecule is O=c1nccc2n1C=CC13COC(=CN21)C3. The highest BCUT2D eigenvalue weighted by Crippen LogP contribution is 2.45. The lowest BCUT2D eigenvalue weighted by molar-refractivity contribution is 0.224. The zero-order chi connectivity index (χ0) is 10.8. The van der Waals surface area contributed by atoms with Crippen LogP contribution in [-0.4, -0.2) is 21.7 Å². The average molecular weight is 215 g/mol. The number of fused-ring (bicyclic) bond motifs is 3. The molecule has 0 aliphatic carbocycles. The molecule has 1 saturated heterocycles. The fourth-order valence-corrected chi connectivity index (χ4v) is 2.57. The predicted octanol–water partition coefficient (Wildman–Crippen LogP) is 0.548. The Morgan fingerprint density at radius 1 is 1.50 bits per heavy atom. The van der Waals surface area contributed by atoms with Crippen molar-refractivity contribution in [2.75, 3.05) is 11.5 Å². The Labute approximate surface area is 91.3 Å². The highest BCUT2D eigenvalue weighted by molar-refractivity contribution is 5.62. The standard InChI is InChI=1S/C11H9N3O2/c15-10-12-3-1-9-13(10)4-2-11-5-8(16-7-11)6-14(9)11/h1-4,6H,5,7H2. The zero-order valence-corrected chi connectivity index (χ0v) is 8.46. The van der Waals surface area contributed by atoms with Gasteiger partial charge < -0.3 is 9.64 Å².